The molecule has 0 unspecified atom stereocenters. The minimum absolute atomic E-state index is 0.778. The van der Waals surface area contributed by atoms with Crippen molar-refractivity contribution in [3.63, 3.8) is 0 Å². The van der Waals surface area contributed by atoms with Crippen molar-refractivity contribution in [2.24, 2.45) is 0 Å². The first-order chi connectivity index (χ1) is 7.73. The van der Waals surface area contributed by atoms with Crippen LogP contribution in [0, 0.1) is 0 Å². The van der Waals surface area contributed by atoms with Crippen molar-refractivity contribution in [1.82, 2.24) is 0 Å². The van der Waals surface area contributed by atoms with Gasteiger partial charge in [0.2, 0.25) is 0 Å². The van der Waals surface area contributed by atoms with Gasteiger partial charge in [-0.25, -0.2) is 9.78 Å². The maximum Gasteiger partial charge on any atom is 0.300 e. The number of benzene rings is 1. The van der Waals surface area contributed by atoms with Crippen LogP contribution in [0.1, 0.15) is 19.8 Å². The molecule has 0 aliphatic carbocycles. The van der Waals surface area contributed by atoms with Gasteiger partial charge in [0.25, 0.3) is 5.97 Å². The first-order valence-corrected chi connectivity index (χ1v) is 5.17. The predicted molar refractivity (Wildman–Crippen MR) is 60.9 cm³/mol. The Morgan fingerprint density at radius 3 is 1.31 bits per heavy atom. The summed E-state index contributed by atoms with van der Waals surface area (Å²) < 4.78 is 0. The Hall–Kier alpha value is -1.39. The standard InChI is InChI=1S/C6H6.C4H8O2.C2H4O2/c2*1-2-4-6-5-3-1;1-2(3)4/h1-6H;1-4H2;1H3,(H,3,4). The van der Waals surface area contributed by atoms with Crippen LogP contribution in [0.4, 0.5) is 0 Å². The molecule has 1 fully saturated rings. The molecule has 0 radical (unpaired) electrons. The first kappa shape index (κ1) is 14.6. The van der Waals surface area contributed by atoms with E-state index < -0.39 is 5.97 Å². The second-order valence-electron chi connectivity index (χ2n) is 3.02. The van der Waals surface area contributed by atoms with Gasteiger partial charge in [0.15, 0.2) is 0 Å². The number of hydrogen-bond donors (Lipinski definition) is 1. The molecule has 1 aromatic rings. The lowest BCUT2D eigenvalue weighted by Gasteiger charge is -2.07. The number of carbonyl (C=O) groups is 1. The van der Waals surface area contributed by atoms with E-state index in [1.807, 2.05) is 36.4 Å². The smallest absolute Gasteiger partial charge is 0.300 e. The van der Waals surface area contributed by atoms with Crippen molar-refractivity contribution in [3.8, 4) is 0 Å². The Morgan fingerprint density at radius 2 is 1.19 bits per heavy atom. The minimum atomic E-state index is -0.833. The van der Waals surface area contributed by atoms with E-state index in [0.717, 1.165) is 33.0 Å². The SMILES string of the molecule is C1CCOOC1.CC(=O)O.c1ccccc1. The average Bonchev–Trinajstić information content (AvgIpc) is 2.34. The van der Waals surface area contributed by atoms with E-state index in [1.165, 1.54) is 0 Å². The number of rotatable bonds is 0. The Kier molecular flexibility index (Phi) is 10.7. The van der Waals surface area contributed by atoms with Crippen LogP contribution in [-0.4, -0.2) is 24.3 Å². The lowest BCUT2D eigenvalue weighted by molar-refractivity contribution is -0.312. The summed E-state index contributed by atoms with van der Waals surface area (Å²) in [5, 5.41) is 7.42. The monoisotopic (exact) mass is 226 g/mol. The van der Waals surface area contributed by atoms with Gasteiger partial charge in [0.1, 0.15) is 0 Å². The summed E-state index contributed by atoms with van der Waals surface area (Å²) in [6, 6.07) is 12.0. The van der Waals surface area contributed by atoms with Crippen LogP contribution in [0.3, 0.4) is 0 Å². The average molecular weight is 226 g/mol. The van der Waals surface area contributed by atoms with Crippen molar-refractivity contribution in [1.29, 1.82) is 0 Å². The summed E-state index contributed by atoms with van der Waals surface area (Å²) >= 11 is 0. The quantitative estimate of drug-likeness (QED) is 0.690. The molecule has 0 spiro atoms. The van der Waals surface area contributed by atoms with E-state index in [2.05, 4.69) is 9.78 Å². The van der Waals surface area contributed by atoms with Gasteiger partial charge in [-0.15, -0.1) is 0 Å². The lowest BCUT2D eigenvalue weighted by atomic mass is 10.3. The van der Waals surface area contributed by atoms with Gasteiger partial charge < -0.3 is 5.11 Å². The highest BCUT2D eigenvalue weighted by Gasteiger charge is 1.95. The molecule has 2 rings (SSSR count). The minimum Gasteiger partial charge on any atom is -0.481 e. The van der Waals surface area contributed by atoms with E-state index in [-0.39, 0.29) is 0 Å². The maximum absolute atomic E-state index is 9.00. The van der Waals surface area contributed by atoms with Crippen molar-refractivity contribution < 1.29 is 19.7 Å². The van der Waals surface area contributed by atoms with Gasteiger partial charge in [0.05, 0.1) is 13.2 Å². The molecule has 4 nitrogen and oxygen atoms in total. The highest BCUT2D eigenvalue weighted by Crippen LogP contribution is 1.97. The summed E-state index contributed by atoms with van der Waals surface area (Å²) in [5.74, 6) is -0.833. The van der Waals surface area contributed by atoms with E-state index in [0.29, 0.717) is 0 Å². The van der Waals surface area contributed by atoms with Gasteiger partial charge in [-0.1, -0.05) is 36.4 Å². The van der Waals surface area contributed by atoms with Gasteiger partial charge in [0, 0.05) is 6.92 Å². The van der Waals surface area contributed by atoms with E-state index in [4.69, 9.17) is 9.90 Å². The van der Waals surface area contributed by atoms with E-state index >= 15 is 0 Å². The van der Waals surface area contributed by atoms with Crippen molar-refractivity contribution in [2.75, 3.05) is 13.2 Å². The largest absolute Gasteiger partial charge is 0.481 e. The van der Waals surface area contributed by atoms with E-state index in [9.17, 15) is 0 Å². The summed E-state index contributed by atoms with van der Waals surface area (Å²) in [5.41, 5.74) is 0. The molecule has 0 amide bonds. The van der Waals surface area contributed by atoms with Crippen LogP contribution in [0.25, 0.3) is 0 Å². The van der Waals surface area contributed by atoms with Gasteiger partial charge in [-0.05, 0) is 12.8 Å². The van der Waals surface area contributed by atoms with E-state index in [1.54, 1.807) is 0 Å². The number of aliphatic carboxylic acids is 1. The second kappa shape index (κ2) is 11.7. The molecule has 4 heteroatoms. The summed E-state index contributed by atoms with van der Waals surface area (Å²) in [7, 11) is 0. The molecule has 1 aliphatic heterocycles. The fraction of sp³-hybridized carbons (Fsp3) is 0.417. The Morgan fingerprint density at radius 1 is 0.938 bits per heavy atom. The Balaban J connectivity index is 0.000000217. The van der Waals surface area contributed by atoms with Crippen molar-refractivity contribution in [3.05, 3.63) is 36.4 Å². The van der Waals surface area contributed by atoms with Gasteiger partial charge in [-0.2, -0.15) is 0 Å². The molecule has 16 heavy (non-hydrogen) atoms. The molecular weight excluding hydrogens is 208 g/mol. The first-order valence-electron chi connectivity index (χ1n) is 5.17. The molecular formula is C12H18O4. The van der Waals surface area contributed by atoms with Crippen LogP contribution >= 0.6 is 0 Å². The maximum atomic E-state index is 9.00. The van der Waals surface area contributed by atoms with Crippen LogP contribution in [0.5, 0.6) is 0 Å². The third-order valence-corrected chi connectivity index (χ3v) is 1.46. The van der Waals surface area contributed by atoms with Crippen LogP contribution < -0.4 is 0 Å². The summed E-state index contributed by atoms with van der Waals surface area (Å²) in [6.45, 7) is 2.64. The molecule has 0 atom stereocenters. The zero-order valence-corrected chi connectivity index (χ0v) is 9.46. The fourth-order valence-corrected chi connectivity index (χ4v) is 0.825. The van der Waals surface area contributed by atoms with Crippen LogP contribution in [0.2, 0.25) is 0 Å². The van der Waals surface area contributed by atoms with Gasteiger partial charge in [-0.3, -0.25) is 4.79 Å². The number of carboxylic acids is 1. The highest BCUT2D eigenvalue weighted by atomic mass is 17.2. The topological polar surface area (TPSA) is 55.8 Å². The third kappa shape index (κ3) is 15.1. The zero-order chi connectivity index (χ0) is 12.1. The fourth-order valence-electron chi connectivity index (χ4n) is 0.825. The lowest BCUT2D eigenvalue weighted by Crippen LogP contribution is -2.05. The molecule has 0 saturated carbocycles. The molecule has 1 aromatic carbocycles. The third-order valence-electron chi connectivity index (χ3n) is 1.46. The Bertz CT molecular complexity index is 202. The molecule has 90 valence electrons. The molecule has 1 saturated heterocycles. The van der Waals surface area contributed by atoms with Gasteiger partial charge >= 0.3 is 0 Å². The highest BCUT2D eigenvalue weighted by molar-refractivity contribution is 5.62. The van der Waals surface area contributed by atoms with Crippen LogP contribution in [0.15, 0.2) is 36.4 Å². The molecule has 1 heterocycles. The summed E-state index contributed by atoms with van der Waals surface area (Å²) in [4.78, 5) is 18.1. The van der Waals surface area contributed by atoms with Crippen LogP contribution in [-0.2, 0) is 14.6 Å². The van der Waals surface area contributed by atoms with Crippen molar-refractivity contribution in [2.45, 2.75) is 19.8 Å². The second-order valence-corrected chi connectivity index (χ2v) is 3.02. The molecule has 0 aromatic heterocycles. The predicted octanol–water partition coefficient (Wildman–Crippen LogP) is 2.51. The zero-order valence-electron chi connectivity index (χ0n) is 9.46. The number of hydrogen-bond acceptors (Lipinski definition) is 3. The molecule has 0 bridgehead atoms. The van der Waals surface area contributed by atoms with Crippen molar-refractivity contribution >= 4 is 5.97 Å². The normalized spacial score (nSPS) is 13.6. The molecule has 1 aliphatic rings. The molecule has 1 N–H and O–H groups in total. The summed E-state index contributed by atoms with van der Waals surface area (Å²) in [6.07, 6.45) is 2.31. The number of carboxylic acid groups (broad SMARTS) is 1. The Labute approximate surface area is 95.7 Å².